The van der Waals surface area contributed by atoms with Gasteiger partial charge in [-0.15, -0.1) is 0 Å². The van der Waals surface area contributed by atoms with E-state index in [1.165, 1.54) is 6.07 Å². The van der Waals surface area contributed by atoms with E-state index in [1.54, 1.807) is 30.3 Å². The van der Waals surface area contributed by atoms with Crippen molar-refractivity contribution in [1.82, 2.24) is 0 Å². The molecule has 1 heterocycles. The Balaban J connectivity index is 1.54. The second-order valence-corrected chi connectivity index (χ2v) is 7.45. The van der Waals surface area contributed by atoms with Crippen LogP contribution in [0.2, 0.25) is 5.02 Å². The summed E-state index contributed by atoms with van der Waals surface area (Å²) < 4.78 is 31.0. The molecule has 0 saturated carbocycles. The molecule has 3 aromatic rings. The topological polar surface area (TPSA) is 44.8 Å². The number of benzene rings is 3. The van der Waals surface area contributed by atoms with E-state index in [0.29, 0.717) is 34.3 Å². The SMILES string of the molecule is CCOc1ccc(/C=C2\Oc3cc(OCc4c(F)cccc4Cl)cc(C)c3C2=O)cc1. The number of fused-ring (bicyclic) bond motifs is 1. The number of Topliss-reactive ketones (excluding diaryl/α,β-unsaturated/α-hetero) is 1. The Bertz CT molecular complexity index is 1150. The van der Waals surface area contributed by atoms with Crippen LogP contribution in [0.25, 0.3) is 6.08 Å². The van der Waals surface area contributed by atoms with Crippen LogP contribution < -0.4 is 14.2 Å². The molecule has 0 spiro atoms. The first-order valence-electron chi connectivity index (χ1n) is 9.83. The van der Waals surface area contributed by atoms with Crippen LogP contribution in [0.3, 0.4) is 0 Å². The molecule has 1 aliphatic rings. The fourth-order valence-electron chi connectivity index (χ4n) is 3.36. The lowest BCUT2D eigenvalue weighted by Crippen LogP contribution is -2.01. The summed E-state index contributed by atoms with van der Waals surface area (Å²) in [6.07, 6.45) is 1.69. The number of carbonyl (C=O) groups is 1. The molecule has 3 aromatic carbocycles. The van der Waals surface area contributed by atoms with E-state index in [9.17, 15) is 9.18 Å². The van der Waals surface area contributed by atoms with Crippen LogP contribution >= 0.6 is 11.6 Å². The molecular weight excluding hydrogens is 419 g/mol. The van der Waals surface area contributed by atoms with Crippen LogP contribution in [0, 0.1) is 12.7 Å². The normalized spacial score (nSPS) is 13.8. The van der Waals surface area contributed by atoms with Crippen molar-refractivity contribution in [3.05, 3.63) is 93.5 Å². The molecule has 0 radical (unpaired) electrons. The summed E-state index contributed by atoms with van der Waals surface area (Å²) in [6.45, 7) is 4.28. The van der Waals surface area contributed by atoms with Gasteiger partial charge in [0.05, 0.1) is 17.2 Å². The average molecular weight is 439 g/mol. The van der Waals surface area contributed by atoms with E-state index >= 15 is 0 Å². The Labute approximate surface area is 184 Å². The smallest absolute Gasteiger partial charge is 0.232 e. The molecule has 0 aliphatic carbocycles. The summed E-state index contributed by atoms with van der Waals surface area (Å²) in [7, 11) is 0. The first-order valence-corrected chi connectivity index (χ1v) is 10.2. The average Bonchev–Trinajstić information content (AvgIpc) is 3.05. The molecule has 4 nitrogen and oxygen atoms in total. The van der Waals surface area contributed by atoms with E-state index in [-0.39, 0.29) is 23.7 Å². The number of aryl methyl sites for hydroxylation is 1. The first kappa shape index (κ1) is 20.9. The highest BCUT2D eigenvalue weighted by atomic mass is 35.5. The molecule has 0 N–H and O–H groups in total. The van der Waals surface area contributed by atoms with Crippen LogP contribution in [0.5, 0.6) is 17.2 Å². The molecule has 0 bridgehead atoms. The van der Waals surface area contributed by atoms with Gasteiger partial charge in [-0.05, 0) is 61.4 Å². The molecular formula is C25H20ClFO4. The Morgan fingerprint density at radius 3 is 2.55 bits per heavy atom. The summed E-state index contributed by atoms with van der Waals surface area (Å²) in [6, 6.07) is 15.2. The standard InChI is InChI=1S/C25H20ClFO4/c1-3-29-17-9-7-16(8-10-17)12-23-25(28)24-15(2)11-18(13-22(24)31-23)30-14-19-20(26)5-4-6-21(19)27/h4-13H,3,14H2,1-2H3/b23-12-. The van der Waals surface area contributed by atoms with Crippen molar-refractivity contribution in [2.24, 2.45) is 0 Å². The fourth-order valence-corrected chi connectivity index (χ4v) is 3.58. The second-order valence-electron chi connectivity index (χ2n) is 7.04. The molecule has 0 aromatic heterocycles. The number of hydrogen-bond acceptors (Lipinski definition) is 4. The molecule has 0 fully saturated rings. The summed E-state index contributed by atoms with van der Waals surface area (Å²) >= 11 is 6.06. The summed E-state index contributed by atoms with van der Waals surface area (Å²) in [4.78, 5) is 12.8. The Hall–Kier alpha value is -3.31. The van der Waals surface area contributed by atoms with E-state index in [0.717, 1.165) is 11.3 Å². The van der Waals surface area contributed by atoms with Gasteiger partial charge in [0.15, 0.2) is 5.76 Å². The quantitative estimate of drug-likeness (QED) is 0.419. The summed E-state index contributed by atoms with van der Waals surface area (Å²) in [5.41, 5.74) is 2.30. The zero-order chi connectivity index (χ0) is 22.0. The van der Waals surface area contributed by atoms with Gasteiger partial charge in [0.2, 0.25) is 5.78 Å². The van der Waals surface area contributed by atoms with Crippen molar-refractivity contribution < 1.29 is 23.4 Å². The van der Waals surface area contributed by atoms with Gasteiger partial charge in [-0.3, -0.25) is 4.79 Å². The number of ether oxygens (including phenoxy) is 3. The molecule has 4 rings (SSSR count). The van der Waals surface area contributed by atoms with Crippen LogP contribution in [0.15, 0.2) is 60.4 Å². The number of allylic oxidation sites excluding steroid dienone is 1. The lowest BCUT2D eigenvalue weighted by molar-refractivity contribution is 0.101. The van der Waals surface area contributed by atoms with Gasteiger partial charge < -0.3 is 14.2 Å². The Kier molecular flexibility index (Phi) is 5.96. The van der Waals surface area contributed by atoms with Gasteiger partial charge in [0.1, 0.15) is 29.7 Å². The van der Waals surface area contributed by atoms with E-state index in [4.69, 9.17) is 25.8 Å². The molecule has 0 saturated heterocycles. The highest BCUT2D eigenvalue weighted by Gasteiger charge is 2.30. The number of hydrogen-bond donors (Lipinski definition) is 0. The molecule has 0 unspecified atom stereocenters. The van der Waals surface area contributed by atoms with E-state index in [2.05, 4.69) is 0 Å². The second kappa shape index (κ2) is 8.82. The van der Waals surface area contributed by atoms with E-state index < -0.39 is 5.82 Å². The molecule has 0 amide bonds. The van der Waals surface area contributed by atoms with Gasteiger partial charge in [-0.1, -0.05) is 29.8 Å². The zero-order valence-corrected chi connectivity index (χ0v) is 17.8. The molecule has 1 aliphatic heterocycles. The van der Waals surface area contributed by atoms with Gasteiger partial charge in [-0.2, -0.15) is 0 Å². The van der Waals surface area contributed by atoms with Crippen molar-refractivity contribution >= 4 is 23.5 Å². The summed E-state index contributed by atoms with van der Waals surface area (Å²) in [5, 5.41) is 0.296. The number of rotatable bonds is 6. The third-order valence-corrected chi connectivity index (χ3v) is 5.23. The van der Waals surface area contributed by atoms with Crippen molar-refractivity contribution in [2.75, 3.05) is 6.61 Å². The Morgan fingerprint density at radius 2 is 1.84 bits per heavy atom. The maximum atomic E-state index is 14.0. The van der Waals surface area contributed by atoms with Gasteiger partial charge in [-0.25, -0.2) is 4.39 Å². The highest BCUT2D eigenvalue weighted by Crippen LogP contribution is 2.38. The predicted molar refractivity (Wildman–Crippen MR) is 117 cm³/mol. The lowest BCUT2D eigenvalue weighted by Gasteiger charge is -2.11. The number of ketones is 1. The largest absolute Gasteiger partial charge is 0.494 e. The third-order valence-electron chi connectivity index (χ3n) is 4.88. The predicted octanol–water partition coefficient (Wildman–Crippen LogP) is 6.38. The lowest BCUT2D eigenvalue weighted by atomic mass is 10.0. The first-order chi connectivity index (χ1) is 15.0. The van der Waals surface area contributed by atoms with Gasteiger partial charge in [0, 0.05) is 11.6 Å². The van der Waals surface area contributed by atoms with Crippen LogP contribution in [0.1, 0.15) is 34.0 Å². The number of halogens is 2. The zero-order valence-electron chi connectivity index (χ0n) is 17.1. The fraction of sp³-hybridized carbons (Fsp3) is 0.160. The van der Waals surface area contributed by atoms with Crippen molar-refractivity contribution in [3.8, 4) is 17.2 Å². The van der Waals surface area contributed by atoms with Crippen LogP contribution in [-0.2, 0) is 6.61 Å². The van der Waals surface area contributed by atoms with Crippen LogP contribution in [0.4, 0.5) is 4.39 Å². The van der Waals surface area contributed by atoms with Crippen molar-refractivity contribution in [1.29, 1.82) is 0 Å². The van der Waals surface area contributed by atoms with E-state index in [1.807, 2.05) is 38.1 Å². The maximum absolute atomic E-state index is 14.0. The molecule has 0 atom stereocenters. The van der Waals surface area contributed by atoms with Gasteiger partial charge in [0.25, 0.3) is 0 Å². The molecule has 31 heavy (non-hydrogen) atoms. The minimum Gasteiger partial charge on any atom is -0.494 e. The van der Waals surface area contributed by atoms with Gasteiger partial charge >= 0.3 is 0 Å². The monoisotopic (exact) mass is 438 g/mol. The van der Waals surface area contributed by atoms with Crippen molar-refractivity contribution in [2.45, 2.75) is 20.5 Å². The molecule has 6 heteroatoms. The number of carbonyl (C=O) groups excluding carboxylic acids is 1. The maximum Gasteiger partial charge on any atom is 0.232 e. The summed E-state index contributed by atoms with van der Waals surface area (Å²) in [5.74, 6) is 1.25. The molecule has 158 valence electrons. The van der Waals surface area contributed by atoms with Crippen molar-refractivity contribution in [3.63, 3.8) is 0 Å². The third kappa shape index (κ3) is 4.42. The highest BCUT2D eigenvalue weighted by molar-refractivity contribution is 6.31. The minimum atomic E-state index is -0.433. The minimum absolute atomic E-state index is 0.0352. The van der Waals surface area contributed by atoms with Crippen LogP contribution in [-0.4, -0.2) is 12.4 Å². The Morgan fingerprint density at radius 1 is 1.06 bits per heavy atom.